The standard InChI is InChI=1S/C32H36O5/c1-4-10-25-20-23(21-31(33)34-3)14-16-29(25)35-18-9-19-36-30-17-15-26-28(24-12-7-6-8-13-24)22-37-32(26)27(30)11-5-2/h6-8,12-17,20,22H,4-5,9-11,18-19,21H2,1-3H3. The second kappa shape index (κ2) is 13.0. The summed E-state index contributed by atoms with van der Waals surface area (Å²) in [5.41, 5.74) is 6.34. The number of rotatable bonds is 13. The zero-order valence-electron chi connectivity index (χ0n) is 22.0. The van der Waals surface area contributed by atoms with Gasteiger partial charge in [0.1, 0.15) is 17.1 Å². The molecule has 0 bridgehead atoms. The first-order valence-corrected chi connectivity index (χ1v) is 13.2. The second-order valence-electron chi connectivity index (χ2n) is 9.18. The number of methoxy groups -OCH3 is 1. The van der Waals surface area contributed by atoms with E-state index in [0.717, 1.165) is 82.4 Å². The molecule has 0 aliphatic rings. The van der Waals surface area contributed by atoms with Gasteiger partial charge in [-0.05, 0) is 47.7 Å². The molecule has 0 fully saturated rings. The predicted molar refractivity (Wildman–Crippen MR) is 147 cm³/mol. The van der Waals surface area contributed by atoms with Gasteiger partial charge < -0.3 is 18.6 Å². The van der Waals surface area contributed by atoms with E-state index in [4.69, 9.17) is 18.6 Å². The van der Waals surface area contributed by atoms with Crippen molar-refractivity contribution in [3.05, 3.63) is 83.6 Å². The Morgan fingerprint density at radius 2 is 1.59 bits per heavy atom. The monoisotopic (exact) mass is 500 g/mol. The summed E-state index contributed by atoms with van der Waals surface area (Å²) in [5.74, 6) is 1.51. The van der Waals surface area contributed by atoms with Gasteiger partial charge in [-0.2, -0.15) is 0 Å². The molecule has 0 saturated carbocycles. The largest absolute Gasteiger partial charge is 0.493 e. The van der Waals surface area contributed by atoms with Gasteiger partial charge in [-0.25, -0.2) is 0 Å². The number of carbonyl (C=O) groups is 1. The number of carbonyl (C=O) groups excluding carboxylic acids is 1. The second-order valence-corrected chi connectivity index (χ2v) is 9.18. The minimum absolute atomic E-state index is 0.236. The SMILES string of the molecule is CCCc1cc(CC(=O)OC)ccc1OCCCOc1ccc2c(-c3ccccc3)coc2c1CCC. The van der Waals surface area contributed by atoms with Crippen LogP contribution in [-0.4, -0.2) is 26.3 Å². The Morgan fingerprint density at radius 3 is 2.32 bits per heavy atom. The molecule has 0 unspecified atom stereocenters. The molecular weight excluding hydrogens is 464 g/mol. The summed E-state index contributed by atoms with van der Waals surface area (Å²) < 4.78 is 23.2. The summed E-state index contributed by atoms with van der Waals surface area (Å²) in [4.78, 5) is 11.6. The molecule has 0 saturated heterocycles. The normalized spacial score (nSPS) is 11.0. The maximum absolute atomic E-state index is 11.6. The van der Waals surface area contributed by atoms with Gasteiger partial charge in [0.25, 0.3) is 0 Å². The van der Waals surface area contributed by atoms with Gasteiger partial charge in [-0.15, -0.1) is 0 Å². The molecule has 0 atom stereocenters. The number of esters is 1. The molecule has 5 nitrogen and oxygen atoms in total. The van der Waals surface area contributed by atoms with Crippen LogP contribution in [0.3, 0.4) is 0 Å². The lowest BCUT2D eigenvalue weighted by atomic mass is 10.0. The lowest BCUT2D eigenvalue weighted by Crippen LogP contribution is -2.08. The number of hydrogen-bond acceptors (Lipinski definition) is 5. The number of hydrogen-bond donors (Lipinski definition) is 0. The van der Waals surface area contributed by atoms with E-state index in [-0.39, 0.29) is 12.4 Å². The summed E-state index contributed by atoms with van der Waals surface area (Å²) in [7, 11) is 1.41. The third-order valence-corrected chi connectivity index (χ3v) is 6.41. The van der Waals surface area contributed by atoms with Crippen LogP contribution in [0.4, 0.5) is 0 Å². The van der Waals surface area contributed by atoms with Crippen molar-refractivity contribution in [2.24, 2.45) is 0 Å². The molecule has 0 spiro atoms. The van der Waals surface area contributed by atoms with Gasteiger partial charge >= 0.3 is 5.97 Å². The molecule has 3 aromatic carbocycles. The van der Waals surface area contributed by atoms with Gasteiger partial charge in [-0.1, -0.05) is 69.2 Å². The molecule has 0 radical (unpaired) electrons. The molecule has 0 N–H and O–H groups in total. The maximum Gasteiger partial charge on any atom is 0.309 e. The Morgan fingerprint density at radius 1 is 0.865 bits per heavy atom. The highest BCUT2D eigenvalue weighted by atomic mass is 16.5. The Kier molecular flexibility index (Phi) is 9.25. The summed E-state index contributed by atoms with van der Waals surface area (Å²) >= 11 is 0. The first-order chi connectivity index (χ1) is 18.1. The van der Waals surface area contributed by atoms with E-state index < -0.39 is 0 Å². The fourth-order valence-corrected chi connectivity index (χ4v) is 4.61. The van der Waals surface area contributed by atoms with Crippen molar-refractivity contribution in [3.63, 3.8) is 0 Å². The van der Waals surface area contributed by atoms with Crippen molar-refractivity contribution < 1.29 is 23.4 Å². The summed E-state index contributed by atoms with van der Waals surface area (Å²) in [6.07, 6.45) is 6.68. The van der Waals surface area contributed by atoms with Gasteiger partial charge in [0.15, 0.2) is 0 Å². The fourth-order valence-electron chi connectivity index (χ4n) is 4.61. The van der Waals surface area contributed by atoms with E-state index in [2.05, 4.69) is 38.1 Å². The quantitative estimate of drug-likeness (QED) is 0.140. The van der Waals surface area contributed by atoms with E-state index in [1.807, 2.05) is 42.7 Å². The van der Waals surface area contributed by atoms with Crippen LogP contribution in [0, 0.1) is 0 Å². The third kappa shape index (κ3) is 6.53. The van der Waals surface area contributed by atoms with Crippen LogP contribution in [0.15, 0.2) is 71.3 Å². The first kappa shape index (κ1) is 26.3. The molecule has 0 aliphatic heterocycles. The summed E-state index contributed by atoms with van der Waals surface area (Å²) in [5, 5.41) is 1.12. The Hall–Kier alpha value is -3.73. The van der Waals surface area contributed by atoms with Crippen molar-refractivity contribution in [1.82, 2.24) is 0 Å². The average molecular weight is 501 g/mol. The molecule has 194 valence electrons. The van der Waals surface area contributed by atoms with Gasteiger partial charge in [0, 0.05) is 22.9 Å². The topological polar surface area (TPSA) is 57.9 Å². The van der Waals surface area contributed by atoms with E-state index in [9.17, 15) is 4.79 Å². The summed E-state index contributed by atoms with van der Waals surface area (Å²) in [6, 6.07) is 20.4. The number of aryl methyl sites for hydroxylation is 2. The van der Waals surface area contributed by atoms with Crippen molar-refractivity contribution in [2.75, 3.05) is 20.3 Å². The molecule has 1 heterocycles. The number of fused-ring (bicyclic) bond motifs is 1. The molecule has 5 heteroatoms. The number of furan rings is 1. The van der Waals surface area contributed by atoms with E-state index in [1.54, 1.807) is 0 Å². The Labute approximate surface area is 219 Å². The maximum atomic E-state index is 11.6. The molecule has 4 rings (SSSR count). The van der Waals surface area contributed by atoms with Crippen molar-refractivity contribution in [2.45, 2.75) is 52.4 Å². The van der Waals surface area contributed by atoms with Crippen LogP contribution in [0.25, 0.3) is 22.1 Å². The van der Waals surface area contributed by atoms with Crippen LogP contribution in [0.1, 0.15) is 49.8 Å². The average Bonchev–Trinajstić information content (AvgIpc) is 3.36. The van der Waals surface area contributed by atoms with Gasteiger partial charge in [0.2, 0.25) is 0 Å². The minimum Gasteiger partial charge on any atom is -0.493 e. The summed E-state index contributed by atoms with van der Waals surface area (Å²) in [6.45, 7) is 5.41. The lowest BCUT2D eigenvalue weighted by molar-refractivity contribution is -0.139. The third-order valence-electron chi connectivity index (χ3n) is 6.41. The predicted octanol–water partition coefficient (Wildman–Crippen LogP) is 7.57. The number of ether oxygens (including phenoxy) is 3. The first-order valence-electron chi connectivity index (χ1n) is 13.2. The van der Waals surface area contributed by atoms with E-state index in [1.165, 1.54) is 7.11 Å². The zero-order valence-corrected chi connectivity index (χ0v) is 22.0. The molecule has 0 aliphatic carbocycles. The Balaban J connectivity index is 1.39. The van der Waals surface area contributed by atoms with Crippen LogP contribution in [0.5, 0.6) is 11.5 Å². The number of benzene rings is 3. The van der Waals surface area contributed by atoms with Crippen LogP contribution >= 0.6 is 0 Å². The highest BCUT2D eigenvalue weighted by molar-refractivity contribution is 5.96. The molecule has 37 heavy (non-hydrogen) atoms. The van der Waals surface area contributed by atoms with E-state index in [0.29, 0.717) is 13.2 Å². The molecule has 0 amide bonds. The smallest absolute Gasteiger partial charge is 0.309 e. The van der Waals surface area contributed by atoms with E-state index >= 15 is 0 Å². The van der Waals surface area contributed by atoms with Crippen LogP contribution in [-0.2, 0) is 28.8 Å². The molecule has 1 aromatic heterocycles. The highest BCUT2D eigenvalue weighted by Gasteiger charge is 2.16. The molecule has 4 aromatic rings. The van der Waals surface area contributed by atoms with Crippen LogP contribution < -0.4 is 9.47 Å². The zero-order chi connectivity index (χ0) is 26.0. The molecular formula is C32H36O5. The highest BCUT2D eigenvalue weighted by Crippen LogP contribution is 2.37. The lowest BCUT2D eigenvalue weighted by Gasteiger charge is -2.14. The fraction of sp³-hybridized carbons (Fsp3) is 0.344. The Bertz CT molecular complexity index is 1310. The van der Waals surface area contributed by atoms with Crippen molar-refractivity contribution in [3.8, 4) is 22.6 Å². The van der Waals surface area contributed by atoms with Crippen molar-refractivity contribution in [1.29, 1.82) is 0 Å². The van der Waals surface area contributed by atoms with Crippen molar-refractivity contribution >= 4 is 16.9 Å². The van der Waals surface area contributed by atoms with Gasteiger partial charge in [-0.3, -0.25) is 4.79 Å². The minimum atomic E-state index is -0.236. The van der Waals surface area contributed by atoms with Crippen LogP contribution in [0.2, 0.25) is 0 Å². The van der Waals surface area contributed by atoms with Gasteiger partial charge in [0.05, 0.1) is 33.0 Å².